The SMILES string of the molecule is CCc1cc(Cl)ccc1NC(=O)NCCS(=O)(=O)N1CCCC1. The lowest BCUT2D eigenvalue weighted by molar-refractivity contribution is 0.252. The van der Waals surface area contributed by atoms with Crippen LogP contribution in [0.2, 0.25) is 5.02 Å². The number of amides is 2. The first kappa shape index (κ1) is 18.0. The average Bonchev–Trinajstić information content (AvgIpc) is 3.04. The molecule has 0 saturated carbocycles. The normalized spacial score (nSPS) is 15.6. The smallest absolute Gasteiger partial charge is 0.319 e. The fourth-order valence-electron chi connectivity index (χ4n) is 2.53. The van der Waals surface area contributed by atoms with Crippen LogP contribution in [0, 0.1) is 0 Å². The van der Waals surface area contributed by atoms with Crippen molar-refractivity contribution in [1.29, 1.82) is 0 Å². The number of halogens is 1. The summed E-state index contributed by atoms with van der Waals surface area (Å²) in [5.74, 6) is -0.0817. The van der Waals surface area contributed by atoms with Crippen molar-refractivity contribution in [2.24, 2.45) is 0 Å². The van der Waals surface area contributed by atoms with E-state index in [0.29, 0.717) is 23.8 Å². The van der Waals surface area contributed by atoms with Gasteiger partial charge in [0.25, 0.3) is 0 Å². The Kier molecular flexibility index (Phi) is 6.26. The lowest BCUT2D eigenvalue weighted by Crippen LogP contribution is -2.37. The largest absolute Gasteiger partial charge is 0.337 e. The number of benzene rings is 1. The molecule has 2 amide bonds. The standard InChI is InChI=1S/C15H22ClN3O3S/c1-2-12-11-13(16)5-6-14(12)18-15(20)17-7-10-23(21,22)19-8-3-4-9-19/h5-6,11H,2-4,7-10H2,1H3,(H2,17,18,20). The maximum absolute atomic E-state index is 12.1. The molecule has 6 nitrogen and oxygen atoms in total. The number of anilines is 1. The molecule has 0 bridgehead atoms. The van der Waals surface area contributed by atoms with Crippen molar-refractivity contribution in [3.63, 3.8) is 0 Å². The third kappa shape index (κ3) is 5.09. The Balaban J connectivity index is 1.83. The molecule has 1 aromatic carbocycles. The van der Waals surface area contributed by atoms with E-state index in [4.69, 9.17) is 11.6 Å². The maximum Gasteiger partial charge on any atom is 0.319 e. The van der Waals surface area contributed by atoms with Gasteiger partial charge in [-0.05, 0) is 43.0 Å². The zero-order chi connectivity index (χ0) is 16.9. The van der Waals surface area contributed by atoms with Gasteiger partial charge in [0.1, 0.15) is 0 Å². The minimum absolute atomic E-state index is 0.0817. The molecule has 0 aromatic heterocycles. The van der Waals surface area contributed by atoms with Crippen LogP contribution in [0.15, 0.2) is 18.2 Å². The number of hydrogen-bond acceptors (Lipinski definition) is 3. The zero-order valence-electron chi connectivity index (χ0n) is 13.1. The molecule has 0 atom stereocenters. The van der Waals surface area contributed by atoms with E-state index in [1.807, 2.05) is 6.92 Å². The Morgan fingerprint density at radius 2 is 2.00 bits per heavy atom. The Bertz CT molecular complexity index is 658. The quantitative estimate of drug-likeness (QED) is 0.818. The van der Waals surface area contributed by atoms with Gasteiger partial charge in [-0.15, -0.1) is 0 Å². The number of nitrogens with one attached hydrogen (secondary N) is 2. The minimum atomic E-state index is -3.27. The van der Waals surface area contributed by atoms with Gasteiger partial charge in [0.2, 0.25) is 10.0 Å². The Labute approximate surface area is 142 Å². The predicted molar refractivity (Wildman–Crippen MR) is 92.4 cm³/mol. The molecule has 1 heterocycles. The average molecular weight is 360 g/mol. The molecule has 0 radical (unpaired) electrons. The summed E-state index contributed by atoms with van der Waals surface area (Å²) in [5, 5.41) is 5.93. The van der Waals surface area contributed by atoms with E-state index in [1.54, 1.807) is 18.2 Å². The van der Waals surface area contributed by atoms with Crippen molar-refractivity contribution in [1.82, 2.24) is 9.62 Å². The molecule has 1 saturated heterocycles. The summed E-state index contributed by atoms with van der Waals surface area (Å²) in [5.41, 5.74) is 1.61. The number of carbonyl (C=O) groups excluding carboxylic acids is 1. The van der Waals surface area contributed by atoms with Crippen molar-refractivity contribution in [2.45, 2.75) is 26.2 Å². The highest BCUT2D eigenvalue weighted by Gasteiger charge is 2.24. The molecule has 0 aliphatic carbocycles. The lowest BCUT2D eigenvalue weighted by atomic mass is 10.1. The second-order valence-corrected chi connectivity index (χ2v) is 7.98. The molecule has 2 N–H and O–H groups in total. The zero-order valence-corrected chi connectivity index (χ0v) is 14.7. The van der Waals surface area contributed by atoms with Gasteiger partial charge in [0.05, 0.1) is 5.75 Å². The molecule has 1 fully saturated rings. The third-order valence-electron chi connectivity index (χ3n) is 3.80. The fraction of sp³-hybridized carbons (Fsp3) is 0.533. The monoisotopic (exact) mass is 359 g/mol. The number of hydrogen-bond donors (Lipinski definition) is 2. The minimum Gasteiger partial charge on any atom is -0.337 e. The van der Waals surface area contributed by atoms with Gasteiger partial charge in [-0.25, -0.2) is 17.5 Å². The Morgan fingerprint density at radius 1 is 1.30 bits per heavy atom. The summed E-state index contributed by atoms with van der Waals surface area (Å²) in [4.78, 5) is 11.9. The topological polar surface area (TPSA) is 78.5 Å². The summed E-state index contributed by atoms with van der Waals surface area (Å²) < 4.78 is 25.6. The van der Waals surface area contributed by atoms with Crippen LogP contribution >= 0.6 is 11.6 Å². The van der Waals surface area contributed by atoms with E-state index < -0.39 is 16.1 Å². The van der Waals surface area contributed by atoms with Crippen molar-refractivity contribution < 1.29 is 13.2 Å². The van der Waals surface area contributed by atoms with Crippen LogP contribution in [0.25, 0.3) is 0 Å². The fourth-order valence-corrected chi connectivity index (χ4v) is 4.16. The van der Waals surface area contributed by atoms with Crippen LogP contribution in [-0.4, -0.2) is 44.1 Å². The van der Waals surface area contributed by atoms with E-state index in [0.717, 1.165) is 24.8 Å². The van der Waals surface area contributed by atoms with Crippen LogP contribution in [0.1, 0.15) is 25.3 Å². The molecule has 0 spiro atoms. The predicted octanol–water partition coefficient (Wildman–Crippen LogP) is 2.45. The van der Waals surface area contributed by atoms with Crippen molar-refractivity contribution in [3.8, 4) is 0 Å². The molecule has 23 heavy (non-hydrogen) atoms. The van der Waals surface area contributed by atoms with Gasteiger partial charge in [-0.1, -0.05) is 18.5 Å². The Morgan fingerprint density at radius 3 is 2.65 bits per heavy atom. The van der Waals surface area contributed by atoms with E-state index in [2.05, 4.69) is 10.6 Å². The van der Waals surface area contributed by atoms with E-state index in [1.165, 1.54) is 4.31 Å². The van der Waals surface area contributed by atoms with Gasteiger partial charge < -0.3 is 10.6 Å². The summed E-state index contributed by atoms with van der Waals surface area (Å²) in [7, 11) is -3.27. The van der Waals surface area contributed by atoms with Gasteiger partial charge in [0, 0.05) is 30.3 Å². The molecule has 1 aromatic rings. The Hall–Kier alpha value is -1.31. The highest BCUT2D eigenvalue weighted by Crippen LogP contribution is 2.21. The summed E-state index contributed by atoms with van der Waals surface area (Å²) in [6.45, 7) is 3.22. The number of urea groups is 1. The van der Waals surface area contributed by atoms with Crippen LogP contribution in [-0.2, 0) is 16.4 Å². The summed E-state index contributed by atoms with van der Waals surface area (Å²) in [6.07, 6.45) is 2.55. The highest BCUT2D eigenvalue weighted by atomic mass is 35.5. The maximum atomic E-state index is 12.1. The number of aryl methyl sites for hydroxylation is 1. The first-order chi connectivity index (χ1) is 10.9. The van der Waals surface area contributed by atoms with Crippen LogP contribution in [0.4, 0.5) is 10.5 Å². The molecular formula is C15H22ClN3O3S. The molecule has 8 heteroatoms. The molecule has 1 aliphatic rings. The number of sulfonamides is 1. The van der Waals surface area contributed by atoms with Gasteiger partial charge in [0.15, 0.2) is 0 Å². The summed E-state index contributed by atoms with van der Waals surface area (Å²) >= 11 is 5.93. The molecule has 1 aliphatic heterocycles. The first-order valence-electron chi connectivity index (χ1n) is 7.73. The molecular weight excluding hydrogens is 338 g/mol. The molecule has 0 unspecified atom stereocenters. The number of rotatable bonds is 6. The van der Waals surface area contributed by atoms with E-state index in [9.17, 15) is 13.2 Å². The first-order valence-corrected chi connectivity index (χ1v) is 9.72. The van der Waals surface area contributed by atoms with Crippen molar-refractivity contribution >= 4 is 33.3 Å². The second kappa shape index (κ2) is 7.99. The van der Waals surface area contributed by atoms with Gasteiger partial charge in [-0.3, -0.25) is 0 Å². The molecule has 128 valence electrons. The second-order valence-electron chi connectivity index (χ2n) is 5.46. The summed E-state index contributed by atoms with van der Waals surface area (Å²) in [6, 6.07) is 4.82. The van der Waals surface area contributed by atoms with Crippen LogP contribution < -0.4 is 10.6 Å². The van der Waals surface area contributed by atoms with Crippen molar-refractivity contribution in [2.75, 3.05) is 30.7 Å². The number of carbonyl (C=O) groups is 1. The molecule has 2 rings (SSSR count). The van der Waals surface area contributed by atoms with E-state index >= 15 is 0 Å². The van der Waals surface area contributed by atoms with Crippen LogP contribution in [0.3, 0.4) is 0 Å². The number of nitrogens with zero attached hydrogens (tertiary/aromatic N) is 1. The van der Waals surface area contributed by atoms with Gasteiger partial charge in [-0.2, -0.15) is 0 Å². The van der Waals surface area contributed by atoms with E-state index in [-0.39, 0.29) is 12.3 Å². The van der Waals surface area contributed by atoms with Crippen LogP contribution in [0.5, 0.6) is 0 Å². The highest BCUT2D eigenvalue weighted by molar-refractivity contribution is 7.89. The van der Waals surface area contributed by atoms with Crippen molar-refractivity contribution in [3.05, 3.63) is 28.8 Å². The third-order valence-corrected chi connectivity index (χ3v) is 5.91. The lowest BCUT2D eigenvalue weighted by Gasteiger charge is -2.16. The van der Waals surface area contributed by atoms with Gasteiger partial charge >= 0.3 is 6.03 Å².